The van der Waals surface area contributed by atoms with Crippen molar-refractivity contribution in [3.05, 3.63) is 100 Å². The first-order valence-corrected chi connectivity index (χ1v) is 14.6. The van der Waals surface area contributed by atoms with Crippen LogP contribution in [0.2, 0.25) is 0 Å². The Kier molecular flexibility index (Phi) is 8.13. The van der Waals surface area contributed by atoms with Crippen molar-refractivity contribution in [2.45, 2.75) is 9.79 Å². The Bertz CT molecular complexity index is 2050. The van der Waals surface area contributed by atoms with Gasteiger partial charge in [0.2, 0.25) is 0 Å². The van der Waals surface area contributed by atoms with Gasteiger partial charge in [-0.15, -0.1) is 0 Å². The molecule has 4 rings (SSSR count). The van der Waals surface area contributed by atoms with E-state index in [4.69, 9.17) is 20.6 Å². The Morgan fingerprint density at radius 2 is 1.33 bits per heavy atom. The van der Waals surface area contributed by atoms with E-state index in [0.29, 0.717) is 0 Å². The molecule has 0 bridgehead atoms. The summed E-state index contributed by atoms with van der Waals surface area (Å²) >= 11 is 0. The van der Waals surface area contributed by atoms with Crippen molar-refractivity contribution in [3.63, 3.8) is 0 Å². The molecule has 0 unspecified atom stereocenters. The van der Waals surface area contributed by atoms with Crippen LogP contribution in [0.1, 0.15) is 16.1 Å². The van der Waals surface area contributed by atoms with Crippen LogP contribution in [0.25, 0.3) is 11.8 Å². The molecule has 0 radical (unpaired) electrons. The number of primary amides is 2. The third kappa shape index (κ3) is 6.41. The zero-order valence-electron chi connectivity index (χ0n) is 21.5. The number of hydrogen-bond acceptors (Lipinski definition) is 9. The number of carbonyl (C=O) groups is 3. The summed E-state index contributed by atoms with van der Waals surface area (Å²) in [7, 11) is -8.94. The van der Waals surface area contributed by atoms with Gasteiger partial charge in [-0.2, -0.15) is 26.9 Å². The maximum Gasteiger partial charge on any atom is 0.294 e. The summed E-state index contributed by atoms with van der Waals surface area (Å²) < 4.78 is 64.2. The van der Waals surface area contributed by atoms with E-state index in [1.165, 1.54) is 54.6 Å². The van der Waals surface area contributed by atoms with Crippen LogP contribution in [-0.2, 0) is 29.8 Å². The molecular weight excluding hydrogens is 608 g/mol. The molecule has 0 fully saturated rings. The fourth-order valence-electron chi connectivity index (χ4n) is 3.79. The summed E-state index contributed by atoms with van der Waals surface area (Å²) in [6, 6.07) is 8.99. The van der Waals surface area contributed by atoms with Crippen molar-refractivity contribution >= 4 is 55.4 Å². The number of nitrogens with zero attached hydrogens (tertiary/aromatic N) is 3. The van der Waals surface area contributed by atoms with Gasteiger partial charge in [-0.3, -0.25) is 33.4 Å². The molecule has 0 saturated heterocycles. The van der Waals surface area contributed by atoms with E-state index in [2.05, 4.69) is 10.2 Å². The predicted molar refractivity (Wildman–Crippen MR) is 151 cm³/mol. The smallest absolute Gasteiger partial charge is 0.294 e. The minimum absolute atomic E-state index is 0.0822. The van der Waals surface area contributed by atoms with Gasteiger partial charge in [0.1, 0.15) is 5.69 Å². The minimum Gasteiger partial charge on any atom is -0.364 e. The van der Waals surface area contributed by atoms with E-state index in [1.54, 1.807) is 0 Å². The van der Waals surface area contributed by atoms with Crippen LogP contribution >= 0.6 is 0 Å². The van der Waals surface area contributed by atoms with Crippen molar-refractivity contribution in [1.82, 2.24) is 9.78 Å². The Morgan fingerprint density at radius 1 is 0.791 bits per heavy atom. The van der Waals surface area contributed by atoms with E-state index in [1.807, 2.05) is 0 Å². The van der Waals surface area contributed by atoms with Crippen LogP contribution in [-0.4, -0.2) is 59.2 Å². The van der Waals surface area contributed by atoms with Crippen molar-refractivity contribution in [1.29, 1.82) is 0 Å². The summed E-state index contributed by atoms with van der Waals surface area (Å²) in [4.78, 5) is 48.9. The Labute approximate surface area is 242 Å². The lowest BCUT2D eigenvalue weighted by Crippen LogP contribution is -2.25. The van der Waals surface area contributed by atoms with Gasteiger partial charge >= 0.3 is 0 Å². The maximum absolute atomic E-state index is 13.0. The first-order valence-electron chi connectivity index (χ1n) is 11.7. The van der Waals surface area contributed by atoms with E-state index in [9.17, 15) is 36.0 Å². The number of aromatic amines is 1. The molecule has 0 saturated carbocycles. The van der Waals surface area contributed by atoms with Crippen molar-refractivity contribution < 1.29 is 40.3 Å². The van der Waals surface area contributed by atoms with E-state index in [0.717, 1.165) is 34.0 Å². The number of hydrazone groups is 1. The van der Waals surface area contributed by atoms with Crippen LogP contribution in [0.4, 0.5) is 5.69 Å². The van der Waals surface area contributed by atoms with Gasteiger partial charge in [0.05, 0.1) is 32.3 Å². The number of amides is 3. The highest BCUT2D eigenvalue weighted by Crippen LogP contribution is 2.25. The van der Waals surface area contributed by atoms with Crippen LogP contribution < -0.4 is 22.0 Å². The van der Waals surface area contributed by atoms with Crippen LogP contribution in [0.5, 0.6) is 0 Å². The standard InChI is InChI=1S/C25H20N6O10S2/c26-22(32)20-18(24(34)30(28-20)14-6-10-16(11-7-14)42(36,37)38)4-2-1-3-5-19-21(23(27)33)29-31(25(19)35)15-8-12-17(13-9-15)43(39,40)41/h1-13,28H,(H2,26,32)(H2,27,33)(H,36,37,38)(H,39,40,41). The number of aromatic nitrogens is 2. The lowest BCUT2D eigenvalue weighted by Gasteiger charge is -2.11. The first kappa shape index (κ1) is 30.5. The normalized spacial score (nSPS) is 15.1. The highest BCUT2D eigenvalue weighted by Gasteiger charge is 2.33. The Balaban J connectivity index is 1.59. The van der Waals surface area contributed by atoms with Crippen LogP contribution in [0.3, 0.4) is 0 Å². The number of benzene rings is 2. The average molecular weight is 629 g/mol. The number of nitrogens with two attached hydrogens (primary N) is 2. The Morgan fingerprint density at radius 3 is 1.81 bits per heavy atom. The minimum atomic E-state index is -4.48. The number of anilines is 1. The molecule has 16 nitrogen and oxygen atoms in total. The molecule has 0 spiro atoms. The molecule has 0 atom stereocenters. The summed E-state index contributed by atoms with van der Waals surface area (Å²) in [5.74, 6) is -2.77. The summed E-state index contributed by atoms with van der Waals surface area (Å²) in [5, 5.41) is 7.24. The summed E-state index contributed by atoms with van der Waals surface area (Å²) in [6.45, 7) is 0. The number of hydrogen-bond donors (Lipinski definition) is 5. The lowest BCUT2D eigenvalue weighted by atomic mass is 10.1. The van der Waals surface area contributed by atoms with Gasteiger partial charge in [0.15, 0.2) is 5.71 Å². The van der Waals surface area contributed by atoms with Gasteiger partial charge in [0, 0.05) is 0 Å². The predicted octanol–water partition coefficient (Wildman–Crippen LogP) is 0.142. The van der Waals surface area contributed by atoms with E-state index in [-0.39, 0.29) is 33.9 Å². The fraction of sp³-hybridized carbons (Fsp3) is 0. The summed E-state index contributed by atoms with van der Waals surface area (Å²) in [5.41, 5.74) is 9.22. The molecule has 1 aromatic heterocycles. The molecule has 3 aromatic rings. The monoisotopic (exact) mass is 628 g/mol. The zero-order valence-corrected chi connectivity index (χ0v) is 23.1. The fourth-order valence-corrected chi connectivity index (χ4v) is 4.75. The highest BCUT2D eigenvalue weighted by molar-refractivity contribution is 7.86. The molecule has 222 valence electrons. The maximum atomic E-state index is 13.0. The molecule has 1 aliphatic rings. The Hall–Kier alpha value is -5.43. The van der Waals surface area contributed by atoms with Crippen molar-refractivity contribution in [3.8, 4) is 5.69 Å². The second-order valence-corrected chi connectivity index (χ2v) is 11.4. The molecule has 0 aliphatic carbocycles. The third-order valence-electron chi connectivity index (χ3n) is 5.80. The van der Waals surface area contributed by atoms with Gasteiger partial charge in [-0.05, 0) is 60.7 Å². The topological polar surface area (TPSA) is 265 Å². The van der Waals surface area contributed by atoms with Crippen LogP contribution in [0.15, 0.2) is 98.1 Å². The van der Waals surface area contributed by atoms with Gasteiger partial charge < -0.3 is 11.5 Å². The van der Waals surface area contributed by atoms with Gasteiger partial charge in [-0.25, -0.2) is 4.68 Å². The second kappa shape index (κ2) is 11.4. The molecule has 3 amide bonds. The number of H-pyrrole nitrogens is 1. The highest BCUT2D eigenvalue weighted by atomic mass is 32.2. The van der Waals surface area contributed by atoms with E-state index < -0.39 is 53.3 Å². The molecule has 2 heterocycles. The second-order valence-electron chi connectivity index (χ2n) is 8.60. The van der Waals surface area contributed by atoms with Gasteiger partial charge in [0.25, 0.3) is 43.5 Å². The molecule has 43 heavy (non-hydrogen) atoms. The SMILES string of the molecule is NC(=O)C1=NN(c2ccc(S(=O)(=O)O)cc2)C(=O)C1=CC=CC=Cc1c(C(N)=O)[nH]n(-c2ccc(S(=O)(=O)O)cc2)c1=O. The molecule has 2 aromatic carbocycles. The molecule has 1 aliphatic heterocycles. The van der Waals surface area contributed by atoms with E-state index >= 15 is 0 Å². The zero-order chi connectivity index (χ0) is 31.7. The number of nitrogens with one attached hydrogen (secondary N) is 1. The van der Waals surface area contributed by atoms with Crippen LogP contribution in [0, 0.1) is 0 Å². The van der Waals surface area contributed by atoms with Crippen molar-refractivity contribution in [2.24, 2.45) is 16.6 Å². The van der Waals surface area contributed by atoms with Gasteiger partial charge in [-0.1, -0.05) is 18.2 Å². The molecule has 7 N–H and O–H groups in total. The molecular formula is C25H20N6O10S2. The first-order chi connectivity index (χ1) is 20.1. The van der Waals surface area contributed by atoms with Crippen molar-refractivity contribution in [2.75, 3.05) is 5.01 Å². The lowest BCUT2D eigenvalue weighted by molar-refractivity contribution is -0.115. The number of allylic oxidation sites excluding steroid dienone is 4. The average Bonchev–Trinajstić information content (AvgIpc) is 3.44. The molecule has 18 heteroatoms. The summed E-state index contributed by atoms with van der Waals surface area (Å²) in [6.07, 6.45) is 6.44. The quantitative estimate of drug-likeness (QED) is 0.121. The largest absolute Gasteiger partial charge is 0.364 e. The third-order valence-corrected chi connectivity index (χ3v) is 7.54. The number of rotatable bonds is 9. The number of carbonyl (C=O) groups excluding carboxylic acids is 3.